The summed E-state index contributed by atoms with van der Waals surface area (Å²) in [5.74, 6) is 0.746. The van der Waals surface area contributed by atoms with Gasteiger partial charge >= 0.3 is 0 Å². The summed E-state index contributed by atoms with van der Waals surface area (Å²) in [6.45, 7) is 16.8. The van der Waals surface area contributed by atoms with Crippen LogP contribution in [0.4, 0.5) is 0 Å². The van der Waals surface area contributed by atoms with Gasteiger partial charge in [0.15, 0.2) is 0 Å². The van der Waals surface area contributed by atoms with Crippen LogP contribution in [0.2, 0.25) is 0 Å². The van der Waals surface area contributed by atoms with E-state index in [-0.39, 0.29) is 0 Å². The highest BCUT2D eigenvalue weighted by Crippen LogP contribution is 2.15. The van der Waals surface area contributed by atoms with Gasteiger partial charge in [0, 0.05) is 51.4 Å². The van der Waals surface area contributed by atoms with Crippen molar-refractivity contribution in [3.63, 3.8) is 0 Å². The van der Waals surface area contributed by atoms with Gasteiger partial charge in [-0.05, 0) is 19.8 Å². The van der Waals surface area contributed by atoms with Crippen LogP contribution in [-0.4, -0.2) is 73.9 Å². The van der Waals surface area contributed by atoms with Crippen LogP contribution in [0.25, 0.3) is 0 Å². The van der Waals surface area contributed by atoms with Crippen LogP contribution in [0.1, 0.15) is 27.7 Å². The molecule has 1 N–H and O–H groups in total. The minimum absolute atomic E-state index is 0.385. The van der Waals surface area contributed by atoms with Crippen molar-refractivity contribution >= 4 is 0 Å². The summed E-state index contributed by atoms with van der Waals surface area (Å²) < 4.78 is 5.99. The molecule has 0 aromatic heterocycles. The molecule has 2 fully saturated rings. The maximum atomic E-state index is 5.99. The van der Waals surface area contributed by atoms with Crippen LogP contribution >= 0.6 is 0 Å². The van der Waals surface area contributed by atoms with E-state index in [1.165, 1.54) is 6.54 Å². The maximum Gasteiger partial charge on any atom is 0.0829 e. The van der Waals surface area contributed by atoms with Crippen molar-refractivity contribution in [3.8, 4) is 0 Å². The second kappa shape index (κ2) is 7.02. The number of hydrogen-bond donors (Lipinski definition) is 1. The van der Waals surface area contributed by atoms with E-state index in [0.29, 0.717) is 18.2 Å². The molecule has 3 atom stereocenters. The van der Waals surface area contributed by atoms with Gasteiger partial charge in [-0.2, -0.15) is 0 Å². The SMILES string of the molecule is CC(C)CN1CCOC(CN2C(C)CNCC2C)C1. The Balaban J connectivity index is 1.84. The molecule has 2 rings (SSSR count). The highest BCUT2D eigenvalue weighted by molar-refractivity contribution is 4.86. The molecule has 19 heavy (non-hydrogen) atoms. The van der Waals surface area contributed by atoms with Crippen LogP contribution < -0.4 is 5.32 Å². The number of nitrogens with zero attached hydrogens (tertiary/aromatic N) is 2. The molecule has 3 unspecified atom stereocenters. The molecule has 4 heteroatoms. The van der Waals surface area contributed by atoms with Crippen molar-refractivity contribution in [2.24, 2.45) is 5.92 Å². The summed E-state index contributed by atoms with van der Waals surface area (Å²) >= 11 is 0. The van der Waals surface area contributed by atoms with Crippen LogP contribution in [0.5, 0.6) is 0 Å². The standard InChI is InChI=1S/C15H31N3O/c1-12(2)9-17-5-6-19-15(10-17)11-18-13(3)7-16-8-14(18)4/h12-16H,5-11H2,1-4H3. The van der Waals surface area contributed by atoms with E-state index in [2.05, 4.69) is 42.8 Å². The van der Waals surface area contributed by atoms with Crippen molar-refractivity contribution in [2.75, 3.05) is 45.9 Å². The Morgan fingerprint density at radius 1 is 1.21 bits per heavy atom. The van der Waals surface area contributed by atoms with Gasteiger partial charge in [-0.3, -0.25) is 9.80 Å². The van der Waals surface area contributed by atoms with E-state index in [0.717, 1.165) is 45.2 Å². The average Bonchev–Trinajstić information content (AvgIpc) is 2.34. The zero-order valence-corrected chi connectivity index (χ0v) is 13.1. The highest BCUT2D eigenvalue weighted by Gasteiger charge is 2.29. The van der Waals surface area contributed by atoms with Crippen molar-refractivity contribution in [3.05, 3.63) is 0 Å². The highest BCUT2D eigenvalue weighted by atomic mass is 16.5. The smallest absolute Gasteiger partial charge is 0.0829 e. The van der Waals surface area contributed by atoms with E-state index >= 15 is 0 Å². The maximum absolute atomic E-state index is 5.99. The summed E-state index contributed by atoms with van der Waals surface area (Å²) in [5, 5.41) is 3.49. The Bertz CT molecular complexity index is 262. The average molecular weight is 269 g/mol. The monoisotopic (exact) mass is 269 g/mol. The molecule has 0 radical (unpaired) electrons. The molecule has 0 amide bonds. The van der Waals surface area contributed by atoms with Crippen molar-refractivity contribution in [1.29, 1.82) is 0 Å². The van der Waals surface area contributed by atoms with Gasteiger partial charge in [0.1, 0.15) is 0 Å². The lowest BCUT2D eigenvalue weighted by molar-refractivity contribution is -0.0588. The van der Waals surface area contributed by atoms with Gasteiger partial charge in [0.05, 0.1) is 12.7 Å². The van der Waals surface area contributed by atoms with Gasteiger partial charge in [0.2, 0.25) is 0 Å². The fraction of sp³-hybridized carbons (Fsp3) is 1.00. The molecule has 2 aliphatic rings. The fourth-order valence-corrected chi connectivity index (χ4v) is 3.34. The quantitative estimate of drug-likeness (QED) is 0.825. The van der Waals surface area contributed by atoms with E-state index in [1.54, 1.807) is 0 Å². The second-order valence-electron chi connectivity index (χ2n) is 6.70. The Kier molecular flexibility index (Phi) is 5.63. The Hall–Kier alpha value is -0.160. The Labute approximate surface area is 118 Å². The Morgan fingerprint density at radius 2 is 1.89 bits per heavy atom. The lowest BCUT2D eigenvalue weighted by Gasteiger charge is -2.43. The van der Waals surface area contributed by atoms with E-state index in [9.17, 15) is 0 Å². The van der Waals surface area contributed by atoms with Gasteiger partial charge < -0.3 is 10.1 Å². The van der Waals surface area contributed by atoms with Crippen molar-refractivity contribution < 1.29 is 4.74 Å². The number of rotatable bonds is 4. The third-order valence-corrected chi connectivity index (χ3v) is 4.27. The van der Waals surface area contributed by atoms with E-state index < -0.39 is 0 Å². The minimum Gasteiger partial charge on any atom is -0.374 e. The number of piperazine rings is 1. The zero-order valence-electron chi connectivity index (χ0n) is 13.1. The molecule has 0 aromatic rings. The largest absolute Gasteiger partial charge is 0.374 e. The van der Waals surface area contributed by atoms with Crippen LogP contribution in [0.15, 0.2) is 0 Å². The first kappa shape index (κ1) is 15.2. The lowest BCUT2D eigenvalue weighted by Crippen LogP contribution is -2.59. The molecule has 0 bridgehead atoms. The summed E-state index contributed by atoms with van der Waals surface area (Å²) in [4.78, 5) is 5.18. The molecule has 112 valence electrons. The van der Waals surface area contributed by atoms with Gasteiger partial charge in [-0.25, -0.2) is 0 Å². The number of ether oxygens (including phenoxy) is 1. The normalized spacial score (nSPS) is 34.9. The summed E-state index contributed by atoms with van der Waals surface area (Å²) in [6, 6.07) is 1.24. The van der Waals surface area contributed by atoms with Gasteiger partial charge in [-0.1, -0.05) is 13.8 Å². The topological polar surface area (TPSA) is 27.7 Å². The summed E-state index contributed by atoms with van der Waals surface area (Å²) in [5.41, 5.74) is 0. The van der Waals surface area contributed by atoms with E-state index in [1.807, 2.05) is 0 Å². The van der Waals surface area contributed by atoms with Gasteiger partial charge in [-0.15, -0.1) is 0 Å². The van der Waals surface area contributed by atoms with Gasteiger partial charge in [0.25, 0.3) is 0 Å². The molecule has 0 aromatic carbocycles. The van der Waals surface area contributed by atoms with Crippen molar-refractivity contribution in [1.82, 2.24) is 15.1 Å². The molecule has 0 spiro atoms. The Morgan fingerprint density at radius 3 is 2.53 bits per heavy atom. The molecule has 2 saturated heterocycles. The molecule has 2 heterocycles. The molecule has 2 aliphatic heterocycles. The first-order valence-corrected chi connectivity index (χ1v) is 7.86. The predicted molar refractivity (Wildman–Crippen MR) is 79.5 cm³/mol. The number of nitrogens with one attached hydrogen (secondary N) is 1. The van der Waals surface area contributed by atoms with Crippen LogP contribution in [0.3, 0.4) is 0 Å². The minimum atomic E-state index is 0.385. The summed E-state index contributed by atoms with van der Waals surface area (Å²) in [6.07, 6.45) is 0.385. The third kappa shape index (κ3) is 4.42. The lowest BCUT2D eigenvalue weighted by atomic mass is 10.1. The predicted octanol–water partition coefficient (Wildman–Crippen LogP) is 1.03. The second-order valence-corrected chi connectivity index (χ2v) is 6.70. The van der Waals surface area contributed by atoms with Crippen molar-refractivity contribution in [2.45, 2.75) is 45.9 Å². The molecular weight excluding hydrogens is 238 g/mol. The van der Waals surface area contributed by atoms with Crippen LogP contribution in [0, 0.1) is 5.92 Å². The molecule has 4 nitrogen and oxygen atoms in total. The molecular formula is C15H31N3O. The first-order valence-electron chi connectivity index (χ1n) is 7.86. The van der Waals surface area contributed by atoms with Crippen LogP contribution in [-0.2, 0) is 4.74 Å². The third-order valence-electron chi connectivity index (χ3n) is 4.27. The number of morpholine rings is 1. The fourth-order valence-electron chi connectivity index (χ4n) is 3.34. The molecule has 0 aliphatic carbocycles. The number of hydrogen-bond acceptors (Lipinski definition) is 4. The zero-order chi connectivity index (χ0) is 13.8. The van der Waals surface area contributed by atoms with E-state index in [4.69, 9.17) is 4.74 Å². The first-order chi connectivity index (χ1) is 9.06. The molecule has 0 saturated carbocycles. The summed E-state index contributed by atoms with van der Waals surface area (Å²) in [7, 11) is 0.